The van der Waals surface area contributed by atoms with E-state index in [0.29, 0.717) is 13.0 Å². The smallest absolute Gasteiger partial charge is 0.310 e. The molecule has 4 aromatic rings. The Bertz CT molecular complexity index is 1370. The third-order valence-electron chi connectivity index (χ3n) is 5.66. The van der Waals surface area contributed by atoms with Gasteiger partial charge in [0.2, 0.25) is 0 Å². The van der Waals surface area contributed by atoms with Crippen LogP contribution in [0.2, 0.25) is 0 Å². The minimum atomic E-state index is -0.505. The van der Waals surface area contributed by atoms with Gasteiger partial charge in [0.05, 0.1) is 27.2 Å². The van der Waals surface area contributed by atoms with E-state index >= 15 is 0 Å². The standard InChI is InChI=1S/C17H18O3S.C15H15NO3S/c1-3-20-17(18)12-13-6-4-5-7-16(13)21-15-10-8-14(19-2)9-11-15;1-19-12-7-9-13(10-8-12)20-14(15(17)16-18)11-5-3-2-4-6-11/h4-11H,3,12H2,1-2H3;2-10,14,18H,1H3,(H,16,17). The Hall–Kier alpha value is -3.92. The summed E-state index contributed by atoms with van der Waals surface area (Å²) in [6.07, 6.45) is 0.299. The number of hydrogen-bond acceptors (Lipinski definition) is 8. The van der Waals surface area contributed by atoms with Gasteiger partial charge in [0, 0.05) is 14.7 Å². The fraction of sp³-hybridized carbons (Fsp3) is 0.188. The van der Waals surface area contributed by atoms with Crippen molar-refractivity contribution in [2.24, 2.45) is 0 Å². The third-order valence-corrected chi connectivity index (χ3v) is 8.06. The molecule has 4 aromatic carbocycles. The highest BCUT2D eigenvalue weighted by Gasteiger charge is 2.21. The number of carbonyl (C=O) groups excluding carboxylic acids is 2. The predicted octanol–water partition coefficient (Wildman–Crippen LogP) is 6.99. The minimum Gasteiger partial charge on any atom is -0.497 e. The number of thioether (sulfide) groups is 1. The quantitative estimate of drug-likeness (QED) is 0.0835. The van der Waals surface area contributed by atoms with Crippen molar-refractivity contribution in [3.63, 3.8) is 0 Å². The van der Waals surface area contributed by atoms with Crippen LogP contribution in [0.1, 0.15) is 23.3 Å². The molecule has 41 heavy (non-hydrogen) atoms. The largest absolute Gasteiger partial charge is 0.497 e. The summed E-state index contributed by atoms with van der Waals surface area (Å²) in [4.78, 5) is 26.6. The molecule has 0 aromatic heterocycles. The van der Waals surface area contributed by atoms with Gasteiger partial charge in [0.1, 0.15) is 16.7 Å². The monoisotopic (exact) mass is 591 g/mol. The Balaban J connectivity index is 0.000000226. The molecule has 214 valence electrons. The zero-order chi connectivity index (χ0) is 29.5. The van der Waals surface area contributed by atoms with Crippen LogP contribution in [0, 0.1) is 0 Å². The number of hydroxylamine groups is 1. The van der Waals surface area contributed by atoms with E-state index in [4.69, 9.17) is 19.4 Å². The van der Waals surface area contributed by atoms with E-state index in [1.54, 1.807) is 31.5 Å². The zero-order valence-corrected chi connectivity index (χ0v) is 24.7. The van der Waals surface area contributed by atoms with Crippen LogP contribution in [0.3, 0.4) is 0 Å². The Labute approximate surface area is 249 Å². The van der Waals surface area contributed by atoms with Gasteiger partial charge in [-0.1, -0.05) is 60.3 Å². The summed E-state index contributed by atoms with van der Waals surface area (Å²) in [6, 6.07) is 32.5. The van der Waals surface area contributed by atoms with E-state index in [0.717, 1.165) is 37.3 Å². The molecule has 0 bridgehead atoms. The molecule has 0 fully saturated rings. The molecule has 4 rings (SSSR count). The molecular weight excluding hydrogens is 558 g/mol. The molecule has 7 nitrogen and oxygen atoms in total. The number of nitrogens with one attached hydrogen (secondary N) is 1. The van der Waals surface area contributed by atoms with Crippen LogP contribution in [0.4, 0.5) is 0 Å². The van der Waals surface area contributed by atoms with E-state index in [9.17, 15) is 9.59 Å². The molecule has 0 heterocycles. The Kier molecular flexibility index (Phi) is 13.1. The van der Waals surface area contributed by atoms with E-state index in [1.807, 2.05) is 110 Å². The van der Waals surface area contributed by atoms with Gasteiger partial charge >= 0.3 is 5.97 Å². The SMILES string of the molecule is CCOC(=O)Cc1ccccc1Sc1ccc(OC)cc1.COc1ccc(SC(C(=O)NO)c2ccccc2)cc1. The van der Waals surface area contributed by atoms with Gasteiger partial charge in [0.15, 0.2) is 0 Å². The third kappa shape index (κ3) is 10.2. The molecule has 0 aliphatic heterocycles. The van der Waals surface area contributed by atoms with Crippen LogP contribution < -0.4 is 15.0 Å². The number of amides is 1. The lowest BCUT2D eigenvalue weighted by Gasteiger charge is -2.15. The van der Waals surface area contributed by atoms with Gasteiger partial charge in [-0.15, -0.1) is 11.8 Å². The average Bonchev–Trinajstić information content (AvgIpc) is 3.02. The molecule has 1 unspecified atom stereocenters. The van der Waals surface area contributed by atoms with Crippen LogP contribution in [0.15, 0.2) is 118 Å². The zero-order valence-electron chi connectivity index (χ0n) is 23.1. The number of benzene rings is 4. The van der Waals surface area contributed by atoms with E-state index in [-0.39, 0.29) is 5.97 Å². The van der Waals surface area contributed by atoms with E-state index < -0.39 is 11.2 Å². The number of methoxy groups -OCH3 is 2. The second-order valence-corrected chi connectivity index (χ2v) is 10.7. The van der Waals surface area contributed by atoms with Crippen molar-refractivity contribution in [3.05, 3.63) is 114 Å². The fourth-order valence-corrected chi connectivity index (χ4v) is 5.60. The van der Waals surface area contributed by atoms with Crippen molar-refractivity contribution in [2.45, 2.75) is 33.3 Å². The lowest BCUT2D eigenvalue weighted by Crippen LogP contribution is -2.24. The first-order valence-electron chi connectivity index (χ1n) is 12.8. The fourth-order valence-electron chi connectivity index (χ4n) is 3.64. The van der Waals surface area contributed by atoms with Crippen LogP contribution in [0.5, 0.6) is 11.5 Å². The molecular formula is C32H33NO6S2. The number of carbonyl (C=O) groups is 2. The van der Waals surface area contributed by atoms with Crippen LogP contribution in [-0.4, -0.2) is 37.9 Å². The number of esters is 1. The van der Waals surface area contributed by atoms with Gasteiger partial charge in [-0.05, 0) is 72.6 Å². The molecule has 0 spiro atoms. The summed E-state index contributed by atoms with van der Waals surface area (Å²) in [5, 5.41) is 8.39. The van der Waals surface area contributed by atoms with Crippen molar-refractivity contribution in [1.82, 2.24) is 5.48 Å². The average molecular weight is 592 g/mol. The van der Waals surface area contributed by atoms with Crippen molar-refractivity contribution in [2.75, 3.05) is 20.8 Å². The number of hydrogen-bond donors (Lipinski definition) is 2. The summed E-state index contributed by atoms with van der Waals surface area (Å²) >= 11 is 3.00. The Morgan fingerprint density at radius 1 is 0.780 bits per heavy atom. The van der Waals surface area contributed by atoms with Crippen molar-refractivity contribution in [3.8, 4) is 11.5 Å². The molecule has 0 radical (unpaired) electrons. The van der Waals surface area contributed by atoms with Crippen LogP contribution in [0.25, 0.3) is 0 Å². The second kappa shape index (κ2) is 17.0. The van der Waals surface area contributed by atoms with Gasteiger partial charge in [0.25, 0.3) is 5.91 Å². The molecule has 0 aliphatic carbocycles. The predicted molar refractivity (Wildman–Crippen MR) is 162 cm³/mol. The molecule has 9 heteroatoms. The summed E-state index contributed by atoms with van der Waals surface area (Å²) in [5.74, 6) is 0.952. The molecule has 2 N–H and O–H groups in total. The maximum Gasteiger partial charge on any atom is 0.310 e. The lowest BCUT2D eigenvalue weighted by atomic mass is 10.1. The summed E-state index contributed by atoms with van der Waals surface area (Å²) in [7, 11) is 3.25. The number of rotatable bonds is 11. The molecule has 1 atom stereocenters. The summed E-state index contributed by atoms with van der Waals surface area (Å²) in [6.45, 7) is 2.22. The first kappa shape index (κ1) is 31.6. The minimum absolute atomic E-state index is 0.194. The molecule has 0 aliphatic rings. The topological polar surface area (TPSA) is 94.1 Å². The molecule has 0 saturated heterocycles. The van der Waals surface area contributed by atoms with Gasteiger partial charge in [-0.3, -0.25) is 14.8 Å². The first-order valence-corrected chi connectivity index (χ1v) is 14.5. The Morgan fingerprint density at radius 3 is 1.90 bits per heavy atom. The molecule has 1 amide bonds. The van der Waals surface area contributed by atoms with Gasteiger partial charge in [-0.25, -0.2) is 5.48 Å². The highest BCUT2D eigenvalue weighted by Crippen LogP contribution is 2.36. The Morgan fingerprint density at radius 2 is 1.34 bits per heavy atom. The van der Waals surface area contributed by atoms with E-state index in [2.05, 4.69) is 0 Å². The maximum absolute atomic E-state index is 11.8. The highest BCUT2D eigenvalue weighted by molar-refractivity contribution is 8.00. The highest BCUT2D eigenvalue weighted by atomic mass is 32.2. The van der Waals surface area contributed by atoms with Crippen molar-refractivity contribution < 1.29 is 29.0 Å². The van der Waals surface area contributed by atoms with Gasteiger partial charge < -0.3 is 14.2 Å². The summed E-state index contributed by atoms with van der Waals surface area (Å²) < 4.78 is 15.3. The second-order valence-electron chi connectivity index (χ2n) is 8.43. The van der Waals surface area contributed by atoms with Crippen LogP contribution >= 0.6 is 23.5 Å². The van der Waals surface area contributed by atoms with Crippen molar-refractivity contribution in [1.29, 1.82) is 0 Å². The maximum atomic E-state index is 11.8. The lowest BCUT2D eigenvalue weighted by molar-refractivity contribution is -0.142. The molecule has 0 saturated carbocycles. The van der Waals surface area contributed by atoms with Crippen molar-refractivity contribution >= 4 is 35.4 Å². The normalized spacial score (nSPS) is 10.9. The van der Waals surface area contributed by atoms with E-state index in [1.165, 1.54) is 11.8 Å². The first-order chi connectivity index (χ1) is 20.0. The summed E-state index contributed by atoms with van der Waals surface area (Å²) in [5.41, 5.74) is 3.54. The van der Waals surface area contributed by atoms with Gasteiger partial charge in [-0.2, -0.15) is 0 Å². The van der Waals surface area contributed by atoms with Crippen LogP contribution in [-0.2, 0) is 20.7 Å². The number of ether oxygens (including phenoxy) is 3.